The zero-order chi connectivity index (χ0) is 20.7. The van der Waals surface area contributed by atoms with Crippen LogP contribution >= 0.6 is 0 Å². The summed E-state index contributed by atoms with van der Waals surface area (Å²) in [6.07, 6.45) is 0. The van der Waals surface area contributed by atoms with E-state index in [1.807, 2.05) is 5.32 Å². The highest BCUT2D eigenvalue weighted by Gasteiger charge is 2.26. The van der Waals surface area contributed by atoms with E-state index in [2.05, 4.69) is 10.1 Å². The normalized spacial score (nSPS) is 11.0. The zero-order valence-electron chi connectivity index (χ0n) is 14.1. The number of hydrogen-bond acceptors (Lipinski definition) is 6. The van der Waals surface area contributed by atoms with E-state index in [-0.39, 0.29) is 5.56 Å². The van der Waals surface area contributed by atoms with Gasteiger partial charge in [0.25, 0.3) is 5.91 Å². The number of hydrogen-bond donors (Lipinski definition) is 2. The molecule has 0 atom stereocenters. The lowest BCUT2D eigenvalue weighted by Gasteiger charge is -2.08. The summed E-state index contributed by atoms with van der Waals surface area (Å²) in [7, 11) is -4.78. The van der Waals surface area contributed by atoms with Gasteiger partial charge in [-0.3, -0.25) is 10.1 Å². The molecule has 0 saturated carbocycles. The summed E-state index contributed by atoms with van der Waals surface area (Å²) in [5.74, 6) is -5.49. The molecule has 0 bridgehead atoms. The number of sulfone groups is 1. The summed E-state index contributed by atoms with van der Waals surface area (Å²) in [6, 6.07) is 11.1. The van der Waals surface area contributed by atoms with Crippen molar-refractivity contribution in [2.75, 3.05) is 11.9 Å². The van der Waals surface area contributed by atoms with Gasteiger partial charge in [-0.25, -0.2) is 18.0 Å². The summed E-state index contributed by atoms with van der Waals surface area (Å²) in [5, 5.41) is 4.34. The average Bonchev–Trinajstić information content (AvgIpc) is 2.66. The molecule has 0 saturated heterocycles. The Balaban J connectivity index is 1.86. The van der Waals surface area contributed by atoms with E-state index in [0.29, 0.717) is 5.69 Å². The number of carbonyl (C=O) groups excluding carboxylic acids is 3. The highest BCUT2D eigenvalue weighted by Crippen LogP contribution is 2.18. The molecule has 8 nitrogen and oxygen atoms in total. The van der Waals surface area contributed by atoms with Crippen LogP contribution < -0.4 is 10.6 Å². The molecule has 0 radical (unpaired) electrons. The Labute approximate surface area is 158 Å². The molecule has 0 aliphatic heterocycles. The van der Waals surface area contributed by atoms with Crippen LogP contribution in [0.4, 0.5) is 19.3 Å². The summed E-state index contributed by atoms with van der Waals surface area (Å²) in [4.78, 5) is 34.4. The molecular formula is C17H14F2N2O6S. The minimum atomic E-state index is -4.78. The van der Waals surface area contributed by atoms with Crippen LogP contribution in [0.25, 0.3) is 0 Å². The maximum atomic E-state index is 12.5. The number of anilines is 1. The van der Waals surface area contributed by atoms with Gasteiger partial charge in [0.2, 0.25) is 9.84 Å². The molecule has 0 heterocycles. The molecule has 11 heteroatoms. The minimum Gasteiger partial charge on any atom is -0.452 e. The third kappa shape index (κ3) is 5.58. The molecule has 2 N–H and O–H groups in total. The molecule has 0 aromatic heterocycles. The van der Waals surface area contributed by atoms with Crippen molar-refractivity contribution in [3.05, 3.63) is 60.2 Å². The first-order chi connectivity index (χ1) is 13.2. The van der Waals surface area contributed by atoms with E-state index in [0.717, 1.165) is 24.3 Å². The highest BCUT2D eigenvalue weighted by atomic mass is 32.2. The molecule has 0 spiro atoms. The monoisotopic (exact) mass is 412 g/mol. The molecule has 2 rings (SSSR count). The Morgan fingerprint density at radius 2 is 1.57 bits per heavy atom. The number of nitrogens with one attached hydrogen (secondary N) is 2. The summed E-state index contributed by atoms with van der Waals surface area (Å²) < 4.78 is 52.2. The van der Waals surface area contributed by atoms with E-state index in [1.54, 1.807) is 30.3 Å². The van der Waals surface area contributed by atoms with Crippen LogP contribution in [0.2, 0.25) is 0 Å². The fourth-order valence-corrected chi connectivity index (χ4v) is 2.67. The second-order valence-electron chi connectivity index (χ2n) is 5.27. The van der Waals surface area contributed by atoms with Crippen molar-refractivity contribution in [3.8, 4) is 0 Å². The van der Waals surface area contributed by atoms with Crippen LogP contribution in [-0.2, 0) is 19.4 Å². The van der Waals surface area contributed by atoms with Gasteiger partial charge in [0, 0.05) is 5.69 Å². The first kappa shape index (κ1) is 21.0. The van der Waals surface area contributed by atoms with E-state index in [1.165, 1.54) is 0 Å². The van der Waals surface area contributed by atoms with Gasteiger partial charge in [0.05, 0.1) is 10.5 Å². The number of halogens is 2. The van der Waals surface area contributed by atoms with Gasteiger partial charge in [0.1, 0.15) is 0 Å². The topological polar surface area (TPSA) is 119 Å². The van der Waals surface area contributed by atoms with E-state index < -0.39 is 45.0 Å². The quantitative estimate of drug-likeness (QED) is 0.702. The fraction of sp³-hybridized carbons (Fsp3) is 0.118. The maximum absolute atomic E-state index is 12.5. The number of alkyl halides is 2. The first-order valence-corrected chi connectivity index (χ1v) is 9.20. The molecule has 0 fully saturated rings. The number of rotatable bonds is 6. The minimum absolute atomic E-state index is 0.158. The first-order valence-electron chi connectivity index (χ1n) is 7.65. The number of carbonyl (C=O) groups is 3. The highest BCUT2D eigenvalue weighted by molar-refractivity contribution is 7.91. The maximum Gasteiger partial charge on any atom is 0.341 e. The number of ether oxygens (including phenoxy) is 1. The summed E-state index contributed by atoms with van der Waals surface area (Å²) in [5.41, 5.74) is 0.290. The lowest BCUT2D eigenvalue weighted by Crippen LogP contribution is -2.37. The van der Waals surface area contributed by atoms with Crippen molar-refractivity contribution in [2.45, 2.75) is 10.7 Å². The van der Waals surface area contributed by atoms with Crippen molar-refractivity contribution in [2.24, 2.45) is 0 Å². The predicted molar refractivity (Wildman–Crippen MR) is 93.5 cm³/mol. The number of esters is 1. The summed E-state index contributed by atoms with van der Waals surface area (Å²) in [6.45, 7) is -0.780. The van der Waals surface area contributed by atoms with Gasteiger partial charge in [0.15, 0.2) is 6.61 Å². The van der Waals surface area contributed by atoms with Gasteiger partial charge in [-0.15, -0.1) is 0 Å². The van der Waals surface area contributed by atoms with E-state index in [9.17, 15) is 31.6 Å². The van der Waals surface area contributed by atoms with Crippen LogP contribution in [0.3, 0.4) is 0 Å². The predicted octanol–water partition coefficient (Wildman–Crippen LogP) is 2.19. The van der Waals surface area contributed by atoms with Crippen molar-refractivity contribution < 1.29 is 36.3 Å². The van der Waals surface area contributed by atoms with Gasteiger partial charge in [-0.1, -0.05) is 18.2 Å². The molecule has 2 aromatic rings. The van der Waals surface area contributed by atoms with Gasteiger partial charge in [-0.2, -0.15) is 8.78 Å². The summed E-state index contributed by atoms with van der Waals surface area (Å²) >= 11 is 0. The smallest absolute Gasteiger partial charge is 0.341 e. The third-order valence-electron chi connectivity index (χ3n) is 3.27. The number of urea groups is 1. The van der Waals surface area contributed by atoms with Crippen LogP contribution in [0.1, 0.15) is 10.4 Å². The zero-order valence-corrected chi connectivity index (χ0v) is 14.9. The Hall–Kier alpha value is -3.34. The van der Waals surface area contributed by atoms with E-state index in [4.69, 9.17) is 0 Å². The largest absolute Gasteiger partial charge is 0.452 e. The van der Waals surface area contributed by atoms with Gasteiger partial charge in [-0.05, 0) is 36.4 Å². The SMILES string of the molecule is O=C(COC(=O)c1ccc(S(=O)(=O)C(F)F)cc1)NC(=O)Nc1ccccc1. The molecule has 0 aliphatic rings. The third-order valence-corrected chi connectivity index (χ3v) is 4.67. The fourth-order valence-electron chi connectivity index (χ4n) is 1.94. The van der Waals surface area contributed by atoms with E-state index >= 15 is 0 Å². The second-order valence-corrected chi connectivity index (χ2v) is 7.19. The van der Waals surface area contributed by atoms with Crippen molar-refractivity contribution in [1.29, 1.82) is 0 Å². The standard InChI is InChI=1S/C17H14F2N2O6S/c18-16(19)28(25,26)13-8-6-11(7-9-13)15(23)27-10-14(22)21-17(24)20-12-4-2-1-3-5-12/h1-9,16H,10H2,(H2,20,21,22,24). The lowest BCUT2D eigenvalue weighted by molar-refractivity contribution is -0.123. The molecule has 0 unspecified atom stereocenters. The molecule has 28 heavy (non-hydrogen) atoms. The van der Waals surface area contributed by atoms with Crippen LogP contribution in [-0.4, -0.2) is 38.7 Å². The molecule has 0 aliphatic carbocycles. The Morgan fingerprint density at radius 3 is 2.14 bits per heavy atom. The van der Waals surface area contributed by atoms with Crippen LogP contribution in [0, 0.1) is 0 Å². The van der Waals surface area contributed by atoms with Gasteiger partial charge < -0.3 is 10.1 Å². The van der Waals surface area contributed by atoms with Crippen molar-refractivity contribution in [1.82, 2.24) is 5.32 Å². The van der Waals surface area contributed by atoms with Crippen molar-refractivity contribution >= 4 is 33.4 Å². The molecule has 3 amide bonds. The Kier molecular flexibility index (Phi) is 6.77. The number of imide groups is 1. The molecule has 2 aromatic carbocycles. The van der Waals surface area contributed by atoms with Crippen molar-refractivity contribution in [3.63, 3.8) is 0 Å². The number of benzene rings is 2. The Bertz CT molecular complexity index is 963. The van der Waals surface area contributed by atoms with Crippen LogP contribution in [0.5, 0.6) is 0 Å². The Morgan fingerprint density at radius 1 is 0.964 bits per heavy atom. The van der Waals surface area contributed by atoms with Crippen LogP contribution in [0.15, 0.2) is 59.5 Å². The average molecular weight is 412 g/mol. The lowest BCUT2D eigenvalue weighted by atomic mass is 10.2. The number of amides is 3. The second kappa shape index (κ2) is 9.04. The molecule has 148 valence electrons. The van der Waals surface area contributed by atoms with Gasteiger partial charge >= 0.3 is 17.8 Å². The molecular weight excluding hydrogens is 398 g/mol. The number of para-hydroxylation sites is 1.